The zero-order valence-electron chi connectivity index (χ0n) is 12.0. The third kappa shape index (κ3) is 3.85. The first-order chi connectivity index (χ1) is 9.19. The lowest BCUT2D eigenvalue weighted by Gasteiger charge is -2.05. The first kappa shape index (κ1) is 13.7. The molecule has 3 nitrogen and oxygen atoms in total. The predicted octanol–water partition coefficient (Wildman–Crippen LogP) is 4.25. The number of hydrogen-bond acceptors (Lipinski definition) is 3. The van der Waals surface area contributed by atoms with E-state index in [-0.39, 0.29) is 0 Å². The second-order valence-corrected chi connectivity index (χ2v) is 4.90. The van der Waals surface area contributed by atoms with Gasteiger partial charge in [0.15, 0.2) is 0 Å². The van der Waals surface area contributed by atoms with E-state index in [1.54, 1.807) is 0 Å². The molecule has 0 spiro atoms. The summed E-state index contributed by atoms with van der Waals surface area (Å²) in [5.74, 6) is 1.64. The van der Waals surface area contributed by atoms with Crippen LogP contribution in [0.4, 0.5) is 5.69 Å². The van der Waals surface area contributed by atoms with Crippen LogP contribution in [0.25, 0.3) is 0 Å². The zero-order valence-corrected chi connectivity index (χ0v) is 12.0. The first-order valence-electron chi connectivity index (χ1n) is 6.94. The highest BCUT2D eigenvalue weighted by Crippen LogP contribution is 2.14. The fraction of sp³-hybridized carbons (Fsp3) is 0.438. The number of hydrogen-bond donors (Lipinski definition) is 1. The minimum Gasteiger partial charge on any atom is -0.444 e. The Morgan fingerprint density at radius 2 is 1.89 bits per heavy atom. The summed E-state index contributed by atoms with van der Waals surface area (Å²) in [6.07, 6.45) is 3.65. The molecule has 2 aromatic rings. The lowest BCUT2D eigenvalue weighted by atomic mass is 10.1. The van der Waals surface area contributed by atoms with Crippen LogP contribution in [0.15, 0.2) is 28.7 Å². The maximum absolute atomic E-state index is 5.54. The zero-order chi connectivity index (χ0) is 13.7. The highest BCUT2D eigenvalue weighted by molar-refractivity contribution is 5.44. The Kier molecular flexibility index (Phi) is 4.61. The summed E-state index contributed by atoms with van der Waals surface area (Å²) in [7, 11) is 0. The van der Waals surface area contributed by atoms with Gasteiger partial charge in [0, 0.05) is 5.69 Å². The molecule has 1 aromatic carbocycles. The third-order valence-electron chi connectivity index (χ3n) is 3.29. The molecule has 3 heteroatoms. The van der Waals surface area contributed by atoms with Gasteiger partial charge in [-0.2, -0.15) is 0 Å². The Labute approximate surface area is 115 Å². The molecule has 0 aliphatic carbocycles. The molecule has 0 aliphatic rings. The number of unbranched alkanes of at least 4 members (excludes halogenated alkanes) is 1. The van der Waals surface area contributed by atoms with E-state index in [2.05, 4.69) is 41.5 Å². The first-order valence-corrected chi connectivity index (χ1v) is 6.94. The molecular formula is C16H22N2O. The summed E-state index contributed by atoms with van der Waals surface area (Å²) >= 11 is 0. The largest absolute Gasteiger partial charge is 0.444 e. The average molecular weight is 258 g/mol. The van der Waals surface area contributed by atoms with Gasteiger partial charge in [-0.3, -0.25) is 0 Å². The van der Waals surface area contributed by atoms with E-state index in [9.17, 15) is 0 Å². The summed E-state index contributed by atoms with van der Waals surface area (Å²) in [5.41, 5.74) is 3.47. The van der Waals surface area contributed by atoms with E-state index in [0.717, 1.165) is 29.5 Å². The fourth-order valence-corrected chi connectivity index (χ4v) is 1.96. The van der Waals surface area contributed by atoms with Crippen LogP contribution in [0, 0.1) is 13.8 Å². The molecule has 0 unspecified atom stereocenters. The lowest BCUT2D eigenvalue weighted by molar-refractivity contribution is 0.478. The molecule has 0 saturated carbocycles. The molecular weight excluding hydrogens is 236 g/mol. The molecule has 1 N–H and O–H groups in total. The maximum atomic E-state index is 5.54. The lowest BCUT2D eigenvalue weighted by Crippen LogP contribution is -1.99. The molecule has 0 amide bonds. The molecule has 0 fully saturated rings. The van der Waals surface area contributed by atoms with Crippen molar-refractivity contribution < 1.29 is 4.42 Å². The number of anilines is 1. The second kappa shape index (κ2) is 6.41. The van der Waals surface area contributed by atoms with E-state index < -0.39 is 0 Å². The van der Waals surface area contributed by atoms with Crippen molar-refractivity contribution in [3.05, 3.63) is 47.2 Å². The topological polar surface area (TPSA) is 38.1 Å². The number of nitrogens with zero attached hydrogens (tertiary/aromatic N) is 1. The summed E-state index contributed by atoms with van der Waals surface area (Å²) < 4.78 is 5.54. The van der Waals surface area contributed by atoms with Gasteiger partial charge in [-0.05, 0) is 44.4 Å². The Hall–Kier alpha value is -1.77. The number of oxazole rings is 1. The maximum Gasteiger partial charge on any atom is 0.213 e. The SMILES string of the molecule is CCCCc1ccc(NCc2nc(C)c(C)o2)cc1. The Morgan fingerprint density at radius 1 is 1.16 bits per heavy atom. The third-order valence-corrected chi connectivity index (χ3v) is 3.29. The van der Waals surface area contributed by atoms with Crippen molar-refractivity contribution in [2.45, 2.75) is 46.6 Å². The van der Waals surface area contributed by atoms with E-state index in [1.165, 1.54) is 18.4 Å². The quantitative estimate of drug-likeness (QED) is 0.842. The number of rotatable bonds is 6. The van der Waals surface area contributed by atoms with Gasteiger partial charge in [-0.15, -0.1) is 0 Å². The normalized spacial score (nSPS) is 10.7. The van der Waals surface area contributed by atoms with Crippen LogP contribution < -0.4 is 5.32 Å². The van der Waals surface area contributed by atoms with E-state index in [4.69, 9.17) is 4.42 Å². The van der Waals surface area contributed by atoms with E-state index >= 15 is 0 Å². The van der Waals surface area contributed by atoms with Crippen LogP contribution in [0.2, 0.25) is 0 Å². The molecule has 19 heavy (non-hydrogen) atoms. The Morgan fingerprint density at radius 3 is 2.47 bits per heavy atom. The molecule has 1 heterocycles. The molecule has 0 saturated heterocycles. The van der Waals surface area contributed by atoms with Crippen molar-refractivity contribution in [2.24, 2.45) is 0 Å². The van der Waals surface area contributed by atoms with Gasteiger partial charge in [-0.1, -0.05) is 25.5 Å². The smallest absolute Gasteiger partial charge is 0.213 e. The van der Waals surface area contributed by atoms with Crippen LogP contribution in [0.5, 0.6) is 0 Å². The Bertz CT molecular complexity index is 495. The van der Waals surface area contributed by atoms with Gasteiger partial charge in [0.05, 0.1) is 12.2 Å². The highest BCUT2D eigenvalue weighted by atomic mass is 16.4. The van der Waals surface area contributed by atoms with Gasteiger partial charge < -0.3 is 9.73 Å². The number of benzene rings is 1. The van der Waals surface area contributed by atoms with Crippen LogP contribution in [0.1, 0.15) is 42.7 Å². The highest BCUT2D eigenvalue weighted by Gasteiger charge is 2.04. The molecule has 0 atom stereocenters. The Balaban J connectivity index is 1.89. The molecule has 1 aromatic heterocycles. The van der Waals surface area contributed by atoms with Gasteiger partial charge in [0.25, 0.3) is 0 Å². The van der Waals surface area contributed by atoms with Crippen molar-refractivity contribution in [2.75, 3.05) is 5.32 Å². The average Bonchev–Trinajstić information content (AvgIpc) is 2.74. The summed E-state index contributed by atoms with van der Waals surface area (Å²) in [4.78, 5) is 4.35. The number of aryl methyl sites for hydroxylation is 3. The molecule has 0 radical (unpaired) electrons. The monoisotopic (exact) mass is 258 g/mol. The van der Waals surface area contributed by atoms with Crippen LogP contribution in [0.3, 0.4) is 0 Å². The fourth-order valence-electron chi connectivity index (χ4n) is 1.96. The minimum atomic E-state index is 0.628. The standard InChI is InChI=1S/C16H22N2O/c1-4-5-6-14-7-9-15(10-8-14)17-11-16-18-12(2)13(3)19-16/h7-10,17H,4-6,11H2,1-3H3. The van der Waals surface area contributed by atoms with E-state index in [0.29, 0.717) is 6.54 Å². The van der Waals surface area contributed by atoms with E-state index in [1.807, 2.05) is 13.8 Å². The van der Waals surface area contributed by atoms with Gasteiger partial charge in [0.2, 0.25) is 5.89 Å². The summed E-state index contributed by atoms with van der Waals surface area (Å²) in [6.45, 7) is 6.75. The van der Waals surface area contributed by atoms with Crippen LogP contribution >= 0.6 is 0 Å². The van der Waals surface area contributed by atoms with Crippen molar-refractivity contribution in [1.29, 1.82) is 0 Å². The number of aromatic nitrogens is 1. The van der Waals surface area contributed by atoms with Crippen molar-refractivity contribution >= 4 is 5.69 Å². The number of nitrogens with one attached hydrogen (secondary N) is 1. The molecule has 102 valence electrons. The summed E-state index contributed by atoms with van der Waals surface area (Å²) in [6, 6.07) is 8.61. The van der Waals surface area contributed by atoms with Crippen molar-refractivity contribution in [3.8, 4) is 0 Å². The molecule has 0 aliphatic heterocycles. The van der Waals surface area contributed by atoms with Crippen LogP contribution in [-0.4, -0.2) is 4.98 Å². The van der Waals surface area contributed by atoms with Crippen molar-refractivity contribution in [1.82, 2.24) is 4.98 Å². The minimum absolute atomic E-state index is 0.628. The van der Waals surface area contributed by atoms with Crippen LogP contribution in [-0.2, 0) is 13.0 Å². The molecule has 0 bridgehead atoms. The second-order valence-electron chi connectivity index (χ2n) is 4.90. The van der Waals surface area contributed by atoms with Crippen molar-refractivity contribution in [3.63, 3.8) is 0 Å². The molecule has 2 rings (SSSR count). The van der Waals surface area contributed by atoms with Gasteiger partial charge >= 0.3 is 0 Å². The van der Waals surface area contributed by atoms with Gasteiger partial charge in [0.1, 0.15) is 5.76 Å². The summed E-state index contributed by atoms with van der Waals surface area (Å²) in [5, 5.41) is 3.33. The van der Waals surface area contributed by atoms with Gasteiger partial charge in [-0.25, -0.2) is 4.98 Å². The predicted molar refractivity (Wildman–Crippen MR) is 78.4 cm³/mol.